The monoisotopic (exact) mass is 385 g/mol. The van der Waals surface area contributed by atoms with Crippen molar-refractivity contribution in [2.45, 2.75) is 20.8 Å². The molecule has 0 aromatic heterocycles. The van der Waals surface area contributed by atoms with Crippen LogP contribution in [-0.2, 0) is 23.6 Å². The molecular formula is C20H24BNO6. The van der Waals surface area contributed by atoms with Crippen molar-refractivity contribution in [2.24, 2.45) is 0 Å². The van der Waals surface area contributed by atoms with E-state index < -0.39 is 19.1 Å². The van der Waals surface area contributed by atoms with Gasteiger partial charge in [-0.05, 0) is 56.6 Å². The second-order valence-electron chi connectivity index (χ2n) is 6.71. The van der Waals surface area contributed by atoms with Gasteiger partial charge in [-0.3, -0.25) is 14.5 Å². The van der Waals surface area contributed by atoms with Gasteiger partial charge in [0.1, 0.15) is 0 Å². The van der Waals surface area contributed by atoms with Gasteiger partial charge < -0.3 is 14.0 Å². The maximum absolute atomic E-state index is 11.8. The number of rotatable bonds is 4. The van der Waals surface area contributed by atoms with Crippen LogP contribution in [0.2, 0.25) is 0 Å². The first-order valence-electron chi connectivity index (χ1n) is 8.83. The van der Waals surface area contributed by atoms with Crippen molar-refractivity contribution >= 4 is 31.1 Å². The van der Waals surface area contributed by atoms with Crippen LogP contribution in [0.4, 0.5) is 0 Å². The largest absolute Gasteiger partial charge is 0.629 e. The molecule has 0 amide bonds. The zero-order valence-corrected chi connectivity index (χ0v) is 16.8. The Morgan fingerprint density at radius 1 is 1.14 bits per heavy atom. The lowest BCUT2D eigenvalue weighted by Gasteiger charge is -2.21. The quantitative estimate of drug-likeness (QED) is 0.446. The molecule has 1 aliphatic heterocycles. The first-order valence-corrected chi connectivity index (χ1v) is 8.83. The summed E-state index contributed by atoms with van der Waals surface area (Å²) < 4.78 is 15.1. The molecular weight excluding hydrogens is 361 g/mol. The summed E-state index contributed by atoms with van der Waals surface area (Å²) >= 11 is 0. The van der Waals surface area contributed by atoms with Crippen molar-refractivity contribution in [3.63, 3.8) is 0 Å². The van der Waals surface area contributed by atoms with Gasteiger partial charge in [0, 0.05) is 0 Å². The lowest BCUT2D eigenvalue weighted by molar-refractivity contribution is -0.145. The van der Waals surface area contributed by atoms with Crippen LogP contribution >= 0.6 is 0 Å². The minimum absolute atomic E-state index is 0.0271. The van der Waals surface area contributed by atoms with E-state index in [0.29, 0.717) is 5.56 Å². The normalized spacial score (nSPS) is 16.5. The number of hydrogen-bond donors (Lipinski definition) is 0. The van der Waals surface area contributed by atoms with E-state index in [9.17, 15) is 14.4 Å². The fourth-order valence-electron chi connectivity index (χ4n) is 2.77. The average molecular weight is 385 g/mol. The Hall–Kier alpha value is -2.87. The van der Waals surface area contributed by atoms with Gasteiger partial charge in [-0.15, -0.1) is 0 Å². The zero-order valence-electron chi connectivity index (χ0n) is 16.8. The van der Waals surface area contributed by atoms with E-state index in [1.165, 1.54) is 12.0 Å². The molecule has 148 valence electrons. The summed E-state index contributed by atoms with van der Waals surface area (Å²) in [7, 11) is 1.94. The van der Waals surface area contributed by atoms with Gasteiger partial charge in [0.25, 0.3) is 0 Å². The maximum Gasteiger partial charge on any atom is 0.629 e. The SMILES string of the molecule is COC(=O)c1ccc(/C=C/C(C)=C/B2OC(=O)CN(C)CC(=O)O2)c(C)c1C. The minimum Gasteiger partial charge on any atom is -0.495 e. The Balaban J connectivity index is 2.17. The van der Waals surface area contributed by atoms with Crippen LogP contribution in [0.1, 0.15) is 34.0 Å². The number of carbonyl (C=O) groups is 3. The molecule has 1 aromatic rings. The van der Waals surface area contributed by atoms with E-state index in [-0.39, 0.29) is 19.1 Å². The first kappa shape index (κ1) is 21.4. The third kappa shape index (κ3) is 5.56. The Labute approximate surface area is 165 Å². The smallest absolute Gasteiger partial charge is 0.495 e. The molecule has 1 saturated heterocycles. The van der Waals surface area contributed by atoms with Crippen LogP contribution in [-0.4, -0.2) is 57.2 Å². The van der Waals surface area contributed by atoms with Crippen LogP contribution < -0.4 is 0 Å². The molecule has 0 radical (unpaired) electrons. The third-order valence-electron chi connectivity index (χ3n) is 4.45. The van der Waals surface area contributed by atoms with Gasteiger partial charge in [0.2, 0.25) is 0 Å². The number of carbonyl (C=O) groups excluding carboxylic acids is 3. The Morgan fingerprint density at radius 3 is 2.32 bits per heavy atom. The molecule has 0 saturated carbocycles. The summed E-state index contributed by atoms with van der Waals surface area (Å²) in [4.78, 5) is 36.9. The van der Waals surface area contributed by atoms with Crippen molar-refractivity contribution in [3.8, 4) is 0 Å². The fraction of sp³-hybridized carbons (Fsp3) is 0.350. The number of allylic oxidation sites excluding steroid dienone is 2. The van der Waals surface area contributed by atoms with Crippen LogP contribution in [0.3, 0.4) is 0 Å². The van der Waals surface area contributed by atoms with Crippen LogP contribution in [0.5, 0.6) is 0 Å². The summed E-state index contributed by atoms with van der Waals surface area (Å²) in [6, 6.07) is 3.56. The lowest BCUT2D eigenvalue weighted by Crippen LogP contribution is -2.41. The van der Waals surface area contributed by atoms with E-state index in [2.05, 4.69) is 0 Å². The van der Waals surface area contributed by atoms with Crippen LogP contribution in [0.15, 0.2) is 29.8 Å². The molecule has 8 heteroatoms. The van der Waals surface area contributed by atoms with Gasteiger partial charge in [0.15, 0.2) is 0 Å². The molecule has 1 fully saturated rings. The molecule has 0 aliphatic carbocycles. The van der Waals surface area contributed by atoms with Crippen molar-refractivity contribution in [3.05, 3.63) is 52.0 Å². The summed E-state index contributed by atoms with van der Waals surface area (Å²) in [5, 5.41) is 0. The van der Waals surface area contributed by atoms with Crippen molar-refractivity contribution in [1.29, 1.82) is 0 Å². The summed E-state index contributed by atoms with van der Waals surface area (Å²) in [6.07, 6.45) is 3.71. The van der Waals surface area contributed by atoms with Crippen LogP contribution in [0, 0.1) is 13.8 Å². The van der Waals surface area contributed by atoms with Crippen molar-refractivity contribution in [1.82, 2.24) is 4.90 Å². The molecule has 1 heterocycles. The maximum atomic E-state index is 11.8. The molecule has 1 aromatic carbocycles. The van der Waals surface area contributed by atoms with Gasteiger partial charge in [-0.1, -0.05) is 23.8 Å². The van der Waals surface area contributed by atoms with E-state index in [0.717, 1.165) is 22.3 Å². The van der Waals surface area contributed by atoms with Crippen molar-refractivity contribution in [2.75, 3.05) is 27.2 Å². The molecule has 0 atom stereocenters. The number of nitrogens with zero attached hydrogens (tertiary/aromatic N) is 1. The summed E-state index contributed by atoms with van der Waals surface area (Å²) in [5.74, 6) is 0.282. The molecule has 0 N–H and O–H groups in total. The summed E-state index contributed by atoms with van der Waals surface area (Å²) in [5.41, 5.74) is 4.03. The van der Waals surface area contributed by atoms with Gasteiger partial charge in [-0.2, -0.15) is 0 Å². The van der Waals surface area contributed by atoms with Gasteiger partial charge in [-0.25, -0.2) is 4.79 Å². The third-order valence-corrected chi connectivity index (χ3v) is 4.45. The Kier molecular flexibility index (Phi) is 7.17. The summed E-state index contributed by atoms with van der Waals surface area (Å²) in [6.45, 7) is 5.66. The number of likely N-dealkylation sites (N-methyl/N-ethyl adjacent to an activating group) is 1. The van der Waals surface area contributed by atoms with E-state index in [1.807, 2.05) is 39.0 Å². The van der Waals surface area contributed by atoms with Crippen molar-refractivity contribution < 1.29 is 28.4 Å². The number of esters is 1. The number of benzene rings is 1. The van der Waals surface area contributed by atoms with E-state index in [1.54, 1.807) is 19.1 Å². The molecule has 1 aliphatic rings. The highest BCUT2D eigenvalue weighted by Crippen LogP contribution is 2.20. The minimum atomic E-state index is -1.05. The van der Waals surface area contributed by atoms with E-state index >= 15 is 0 Å². The molecule has 0 spiro atoms. The molecule has 28 heavy (non-hydrogen) atoms. The van der Waals surface area contributed by atoms with E-state index in [4.69, 9.17) is 14.0 Å². The number of ether oxygens (including phenoxy) is 1. The first-order chi connectivity index (χ1) is 13.2. The average Bonchev–Trinajstić information content (AvgIpc) is 2.60. The molecule has 0 unspecified atom stereocenters. The lowest BCUT2D eigenvalue weighted by atomic mass is 9.86. The van der Waals surface area contributed by atoms with Gasteiger partial charge >= 0.3 is 25.0 Å². The zero-order chi connectivity index (χ0) is 20.8. The van der Waals surface area contributed by atoms with Gasteiger partial charge in [0.05, 0.1) is 25.8 Å². The topological polar surface area (TPSA) is 82.1 Å². The predicted octanol–water partition coefficient (Wildman–Crippen LogP) is 2.11. The molecule has 7 nitrogen and oxygen atoms in total. The molecule has 2 rings (SSSR count). The standard InChI is InChI=1S/C20H24BNO6/c1-13(10-21-27-18(23)11-22(4)12-19(24)28-21)6-7-16-8-9-17(20(25)26-5)15(3)14(16)2/h6-10H,11-12H2,1-5H3/b7-6+,13-10+. The van der Waals surface area contributed by atoms with Crippen LogP contribution in [0.25, 0.3) is 6.08 Å². The number of hydrogen-bond acceptors (Lipinski definition) is 7. The second-order valence-corrected chi connectivity index (χ2v) is 6.71. The predicted molar refractivity (Wildman–Crippen MR) is 105 cm³/mol. The Bertz CT molecular complexity index is 825. The number of methoxy groups -OCH3 is 1. The highest BCUT2D eigenvalue weighted by molar-refractivity contribution is 6.55. The fourth-order valence-corrected chi connectivity index (χ4v) is 2.77. The highest BCUT2D eigenvalue weighted by Gasteiger charge is 2.29. The second kappa shape index (κ2) is 9.37. The Morgan fingerprint density at radius 2 is 1.75 bits per heavy atom. The highest BCUT2D eigenvalue weighted by atomic mass is 16.6. The molecule has 0 bridgehead atoms.